The molecule has 1 amide bonds. The molecule has 8 heteroatoms. The molecule has 1 aliphatic rings. The first kappa shape index (κ1) is 19.9. The molecule has 1 fully saturated rings. The first-order chi connectivity index (χ1) is 12.9. The zero-order valence-electron chi connectivity index (χ0n) is 13.8. The van der Waals surface area contributed by atoms with E-state index in [1.165, 1.54) is 0 Å². The van der Waals surface area contributed by atoms with Gasteiger partial charge in [-0.2, -0.15) is 0 Å². The molecule has 138 valence electrons. The van der Waals surface area contributed by atoms with Crippen LogP contribution < -0.4 is 0 Å². The van der Waals surface area contributed by atoms with Crippen LogP contribution in [0.5, 0.6) is 0 Å². The molecule has 0 radical (unpaired) electrons. The van der Waals surface area contributed by atoms with Crippen molar-refractivity contribution < 1.29 is 14.7 Å². The Kier molecular flexibility index (Phi) is 6.22. The number of halogens is 2. The van der Waals surface area contributed by atoms with E-state index in [0.29, 0.717) is 20.5 Å². The topological polar surface area (TPSA) is 57.6 Å². The molecule has 4 nitrogen and oxygen atoms in total. The van der Waals surface area contributed by atoms with Crippen molar-refractivity contribution in [1.29, 1.82) is 0 Å². The first-order valence-corrected chi connectivity index (χ1v) is 9.83. The number of thioether (sulfide) groups is 1. The first-order valence-electron chi connectivity index (χ1n) is 7.85. The number of aliphatic carboxylic acids is 1. The molecule has 0 aromatic heterocycles. The van der Waals surface area contributed by atoms with Crippen molar-refractivity contribution >= 4 is 69.5 Å². The molecule has 2 aromatic rings. The molecule has 0 saturated carbocycles. The van der Waals surface area contributed by atoms with Crippen molar-refractivity contribution in [1.82, 2.24) is 4.90 Å². The molecular formula is C19H13Cl2NO3S2. The van der Waals surface area contributed by atoms with Crippen LogP contribution >= 0.6 is 47.2 Å². The molecule has 0 aliphatic carbocycles. The van der Waals surface area contributed by atoms with Crippen LogP contribution in [0, 0.1) is 0 Å². The van der Waals surface area contributed by atoms with Gasteiger partial charge >= 0.3 is 5.97 Å². The van der Waals surface area contributed by atoms with E-state index in [9.17, 15) is 14.7 Å². The van der Waals surface area contributed by atoms with Crippen LogP contribution in [0.4, 0.5) is 0 Å². The van der Waals surface area contributed by atoms with Crippen LogP contribution in [0.15, 0.2) is 53.4 Å². The number of nitrogens with zero attached hydrogens (tertiary/aromatic N) is 1. The minimum atomic E-state index is -1.11. The summed E-state index contributed by atoms with van der Waals surface area (Å²) < 4.78 is 0.208. The monoisotopic (exact) mass is 437 g/mol. The molecular weight excluding hydrogens is 425 g/mol. The van der Waals surface area contributed by atoms with Crippen molar-refractivity contribution in [3.63, 3.8) is 0 Å². The Labute approximate surface area is 175 Å². The van der Waals surface area contributed by atoms with Gasteiger partial charge in [0.15, 0.2) is 0 Å². The van der Waals surface area contributed by atoms with Gasteiger partial charge in [0.05, 0.1) is 4.91 Å². The van der Waals surface area contributed by atoms with Gasteiger partial charge in [-0.15, -0.1) is 0 Å². The predicted molar refractivity (Wildman–Crippen MR) is 113 cm³/mol. The second-order valence-electron chi connectivity index (χ2n) is 5.76. The van der Waals surface area contributed by atoms with Crippen LogP contribution in [0.3, 0.4) is 0 Å². The molecule has 1 heterocycles. The van der Waals surface area contributed by atoms with Crippen molar-refractivity contribution in [2.24, 2.45) is 0 Å². The van der Waals surface area contributed by atoms with Crippen LogP contribution in [0.25, 0.3) is 6.08 Å². The standard InChI is InChI=1S/C19H13Cl2NO3S2/c20-13-7-6-12(14(21)10-13)9-16-17(23)22(19(26)27-16)15(18(24)25)8-11-4-2-1-3-5-11/h1-7,9-10,15H,8H2,(H,24,25). The molecule has 1 unspecified atom stereocenters. The summed E-state index contributed by atoms with van der Waals surface area (Å²) in [6.07, 6.45) is 1.76. The number of carbonyl (C=O) groups is 2. The van der Waals surface area contributed by atoms with E-state index in [1.54, 1.807) is 24.3 Å². The Morgan fingerprint density at radius 1 is 1.22 bits per heavy atom. The highest BCUT2D eigenvalue weighted by Gasteiger charge is 2.40. The Hall–Kier alpha value is -1.86. The van der Waals surface area contributed by atoms with E-state index in [0.717, 1.165) is 22.2 Å². The van der Waals surface area contributed by atoms with Gasteiger partial charge in [-0.1, -0.05) is 83.6 Å². The largest absolute Gasteiger partial charge is 0.480 e. The van der Waals surface area contributed by atoms with Gasteiger partial charge in [-0.3, -0.25) is 9.69 Å². The molecule has 0 spiro atoms. The maximum absolute atomic E-state index is 12.9. The molecule has 27 heavy (non-hydrogen) atoms. The van der Waals surface area contributed by atoms with Crippen LogP contribution in [-0.2, 0) is 16.0 Å². The lowest BCUT2D eigenvalue weighted by atomic mass is 10.0. The number of thiocarbonyl (C=S) groups is 1. The number of carboxylic acids is 1. The van der Waals surface area contributed by atoms with Gasteiger partial charge in [-0.25, -0.2) is 4.79 Å². The van der Waals surface area contributed by atoms with E-state index in [4.69, 9.17) is 35.4 Å². The Bertz CT molecular complexity index is 947. The third-order valence-corrected chi connectivity index (χ3v) is 5.83. The van der Waals surface area contributed by atoms with Gasteiger partial charge < -0.3 is 5.11 Å². The molecule has 1 atom stereocenters. The van der Waals surface area contributed by atoms with E-state index >= 15 is 0 Å². The summed E-state index contributed by atoms with van der Waals surface area (Å²) in [4.78, 5) is 26.2. The van der Waals surface area contributed by atoms with Gasteiger partial charge in [0.2, 0.25) is 0 Å². The average Bonchev–Trinajstić information content (AvgIpc) is 2.90. The number of hydrogen-bond donors (Lipinski definition) is 1. The van der Waals surface area contributed by atoms with Gasteiger partial charge in [-0.05, 0) is 29.3 Å². The molecule has 1 N–H and O–H groups in total. The third kappa shape index (κ3) is 4.52. The predicted octanol–water partition coefficient (Wildman–Crippen LogP) is 4.89. The number of carbonyl (C=O) groups excluding carboxylic acids is 1. The molecule has 3 rings (SSSR count). The Morgan fingerprint density at radius 3 is 2.56 bits per heavy atom. The quantitative estimate of drug-likeness (QED) is 0.532. The van der Waals surface area contributed by atoms with Crippen molar-refractivity contribution in [2.45, 2.75) is 12.5 Å². The van der Waals surface area contributed by atoms with Crippen molar-refractivity contribution in [2.75, 3.05) is 0 Å². The summed E-state index contributed by atoms with van der Waals surface area (Å²) in [6, 6.07) is 13.0. The summed E-state index contributed by atoms with van der Waals surface area (Å²) in [5.41, 5.74) is 1.42. The van der Waals surface area contributed by atoms with E-state index in [-0.39, 0.29) is 10.7 Å². The highest BCUT2D eigenvalue weighted by atomic mass is 35.5. The SMILES string of the molecule is O=C(O)C(Cc1ccccc1)N1C(=O)C(=Cc2ccc(Cl)cc2Cl)SC1=S. The van der Waals surface area contributed by atoms with Crippen molar-refractivity contribution in [3.05, 3.63) is 74.6 Å². The summed E-state index contributed by atoms with van der Waals surface area (Å²) in [5.74, 6) is -1.56. The molecule has 1 aliphatic heterocycles. The summed E-state index contributed by atoms with van der Waals surface area (Å²) in [5, 5.41) is 10.5. The molecule has 2 aromatic carbocycles. The minimum absolute atomic E-state index is 0.164. The fourth-order valence-corrected chi connectivity index (χ4v) is 4.45. The third-order valence-electron chi connectivity index (χ3n) is 3.94. The highest BCUT2D eigenvalue weighted by Crippen LogP contribution is 2.36. The second kappa shape index (κ2) is 8.44. The van der Waals surface area contributed by atoms with Crippen LogP contribution in [-0.4, -0.2) is 32.2 Å². The lowest BCUT2D eigenvalue weighted by molar-refractivity contribution is -0.145. The number of rotatable bonds is 5. The Balaban J connectivity index is 1.89. The molecule has 1 saturated heterocycles. The highest BCUT2D eigenvalue weighted by molar-refractivity contribution is 8.26. The minimum Gasteiger partial charge on any atom is -0.480 e. The van der Waals surface area contributed by atoms with Gasteiger partial charge in [0, 0.05) is 16.5 Å². The zero-order valence-corrected chi connectivity index (χ0v) is 16.9. The molecule has 0 bridgehead atoms. The smallest absolute Gasteiger partial charge is 0.327 e. The van der Waals surface area contributed by atoms with Gasteiger partial charge in [0.25, 0.3) is 5.91 Å². The fourth-order valence-electron chi connectivity index (χ4n) is 2.63. The van der Waals surface area contributed by atoms with Crippen molar-refractivity contribution in [3.8, 4) is 0 Å². The summed E-state index contributed by atoms with van der Waals surface area (Å²) >= 11 is 18.4. The normalized spacial score (nSPS) is 16.8. The van der Waals surface area contributed by atoms with E-state index in [2.05, 4.69) is 0 Å². The lowest BCUT2D eigenvalue weighted by Gasteiger charge is -2.23. The van der Waals surface area contributed by atoms with E-state index < -0.39 is 17.9 Å². The summed E-state index contributed by atoms with van der Waals surface area (Å²) in [7, 11) is 0. The number of amides is 1. The number of carboxylic acid groups (broad SMARTS) is 1. The maximum atomic E-state index is 12.9. The Morgan fingerprint density at radius 2 is 1.93 bits per heavy atom. The van der Waals surface area contributed by atoms with Crippen LogP contribution in [0.1, 0.15) is 11.1 Å². The zero-order chi connectivity index (χ0) is 19.6. The number of hydrogen-bond acceptors (Lipinski definition) is 4. The number of benzene rings is 2. The lowest BCUT2D eigenvalue weighted by Crippen LogP contribution is -2.45. The van der Waals surface area contributed by atoms with Gasteiger partial charge in [0.1, 0.15) is 10.4 Å². The maximum Gasteiger partial charge on any atom is 0.327 e. The van der Waals surface area contributed by atoms with Crippen LogP contribution in [0.2, 0.25) is 10.0 Å². The second-order valence-corrected chi connectivity index (χ2v) is 8.28. The van der Waals surface area contributed by atoms with E-state index in [1.807, 2.05) is 30.3 Å². The fraction of sp³-hybridized carbons (Fsp3) is 0.105. The summed E-state index contributed by atoms with van der Waals surface area (Å²) in [6.45, 7) is 0. The average molecular weight is 438 g/mol.